The van der Waals surface area contributed by atoms with Crippen molar-refractivity contribution in [1.82, 2.24) is 14.9 Å². The first-order valence-electron chi connectivity index (χ1n) is 12.0. The smallest absolute Gasteiger partial charge is 0.296 e. The number of ether oxygens (including phenoxy) is 1. The predicted octanol–water partition coefficient (Wildman–Crippen LogP) is 6.03. The van der Waals surface area contributed by atoms with Crippen LogP contribution in [0.2, 0.25) is 0 Å². The van der Waals surface area contributed by atoms with E-state index < -0.39 is 4.92 Å². The van der Waals surface area contributed by atoms with Gasteiger partial charge in [-0.15, -0.1) is 0 Å². The standard InChI is InChI=1S/C28H26FN5O3S/c1-16-13-19(8-10-22(16)29)33-27(26(31-28(33)38)23-7-5-6-12-30-23)21-14-17(2)32(18(21)3)24-11-9-20(37-4)15-25(24)34(35)36/h5-15,26-27H,1-4H3,(H,31,38)/t26-,27-/m0/s1. The van der Waals surface area contributed by atoms with E-state index in [1.807, 2.05) is 47.6 Å². The number of anilines is 1. The summed E-state index contributed by atoms with van der Waals surface area (Å²) in [4.78, 5) is 18.1. The Morgan fingerprint density at radius 1 is 1.11 bits per heavy atom. The molecule has 1 saturated heterocycles. The van der Waals surface area contributed by atoms with Crippen molar-refractivity contribution in [3.05, 3.63) is 111 Å². The van der Waals surface area contributed by atoms with E-state index in [9.17, 15) is 14.5 Å². The van der Waals surface area contributed by atoms with Gasteiger partial charge in [0.05, 0.1) is 35.9 Å². The maximum absolute atomic E-state index is 14.2. The van der Waals surface area contributed by atoms with Crippen LogP contribution in [-0.4, -0.2) is 26.7 Å². The van der Waals surface area contributed by atoms with E-state index in [-0.39, 0.29) is 23.6 Å². The topological polar surface area (TPSA) is 85.5 Å². The van der Waals surface area contributed by atoms with Crippen LogP contribution >= 0.6 is 12.2 Å². The Hall–Kier alpha value is -4.31. The van der Waals surface area contributed by atoms with Crippen molar-refractivity contribution < 1.29 is 14.1 Å². The van der Waals surface area contributed by atoms with Crippen molar-refractivity contribution in [2.75, 3.05) is 12.0 Å². The molecule has 10 heteroatoms. The van der Waals surface area contributed by atoms with Crippen LogP contribution in [-0.2, 0) is 0 Å². The van der Waals surface area contributed by atoms with Gasteiger partial charge in [0.2, 0.25) is 0 Å². The van der Waals surface area contributed by atoms with Gasteiger partial charge in [0.25, 0.3) is 5.69 Å². The van der Waals surface area contributed by atoms with Gasteiger partial charge >= 0.3 is 0 Å². The van der Waals surface area contributed by atoms with Gasteiger partial charge in [-0.1, -0.05) is 6.07 Å². The second-order valence-corrected chi connectivity index (χ2v) is 9.59. The lowest BCUT2D eigenvalue weighted by molar-refractivity contribution is -0.384. The number of aromatic nitrogens is 2. The van der Waals surface area contributed by atoms with Crippen LogP contribution in [0.3, 0.4) is 0 Å². The summed E-state index contributed by atoms with van der Waals surface area (Å²) < 4.78 is 21.3. The molecule has 4 aromatic rings. The first kappa shape index (κ1) is 25.3. The van der Waals surface area contributed by atoms with Gasteiger partial charge in [0.15, 0.2) is 5.11 Å². The average Bonchev–Trinajstić information content (AvgIpc) is 3.40. The molecule has 1 N–H and O–H groups in total. The van der Waals surface area contributed by atoms with Gasteiger partial charge in [0, 0.05) is 23.3 Å². The lowest BCUT2D eigenvalue weighted by atomic mass is 9.96. The normalized spacial score (nSPS) is 17.0. The summed E-state index contributed by atoms with van der Waals surface area (Å²) in [7, 11) is 1.47. The van der Waals surface area contributed by atoms with Gasteiger partial charge in [-0.25, -0.2) is 4.39 Å². The van der Waals surface area contributed by atoms with Crippen molar-refractivity contribution in [3.8, 4) is 11.4 Å². The minimum Gasteiger partial charge on any atom is -0.496 e. The van der Waals surface area contributed by atoms with Gasteiger partial charge in [-0.2, -0.15) is 0 Å². The molecule has 5 rings (SSSR count). The fourth-order valence-corrected chi connectivity index (χ4v) is 5.50. The zero-order valence-corrected chi connectivity index (χ0v) is 22.1. The fourth-order valence-electron chi connectivity index (χ4n) is 5.15. The SMILES string of the molecule is COc1ccc(-n2c(C)cc([C@H]3[C@H](c4ccccn4)NC(=S)N3c3ccc(F)c(C)c3)c2C)c([N+](=O)[O-])c1. The zero-order chi connectivity index (χ0) is 27.1. The first-order valence-corrected chi connectivity index (χ1v) is 12.4. The van der Waals surface area contributed by atoms with E-state index in [0.717, 1.165) is 28.3 Å². The number of nitro benzene ring substituents is 1. The molecule has 0 aliphatic carbocycles. The molecule has 0 unspecified atom stereocenters. The molecule has 194 valence electrons. The summed E-state index contributed by atoms with van der Waals surface area (Å²) in [5.41, 5.74) is 4.96. The molecule has 3 heterocycles. The van der Waals surface area contributed by atoms with E-state index in [1.54, 1.807) is 37.4 Å². The minimum absolute atomic E-state index is 0.0648. The fraction of sp³-hybridized carbons (Fsp3) is 0.214. The number of nitrogens with zero attached hydrogens (tertiary/aromatic N) is 4. The molecule has 38 heavy (non-hydrogen) atoms. The van der Waals surface area contributed by atoms with Gasteiger partial charge in [-0.05, 0) is 92.6 Å². The first-order chi connectivity index (χ1) is 18.2. The summed E-state index contributed by atoms with van der Waals surface area (Å²) in [6, 6.07) is 16.8. The predicted molar refractivity (Wildman–Crippen MR) is 148 cm³/mol. The highest BCUT2D eigenvalue weighted by Gasteiger charge is 2.42. The Labute approximate surface area is 224 Å². The van der Waals surface area contributed by atoms with Crippen molar-refractivity contribution in [2.24, 2.45) is 0 Å². The number of aryl methyl sites for hydroxylation is 2. The van der Waals surface area contributed by atoms with E-state index in [4.69, 9.17) is 17.0 Å². The number of hydrogen-bond acceptors (Lipinski definition) is 5. The van der Waals surface area contributed by atoms with Crippen molar-refractivity contribution in [2.45, 2.75) is 32.9 Å². The number of halogens is 1. The molecular formula is C28H26FN5O3S. The third-order valence-electron chi connectivity index (χ3n) is 6.93. The van der Waals surface area contributed by atoms with Crippen LogP contribution < -0.4 is 15.0 Å². The van der Waals surface area contributed by atoms with Gasteiger partial charge < -0.3 is 19.5 Å². The monoisotopic (exact) mass is 531 g/mol. The molecule has 1 fully saturated rings. The van der Waals surface area contributed by atoms with E-state index >= 15 is 0 Å². The van der Waals surface area contributed by atoms with Crippen molar-refractivity contribution in [1.29, 1.82) is 0 Å². The minimum atomic E-state index is -0.410. The number of thiocarbonyl (C=S) groups is 1. The summed E-state index contributed by atoms with van der Waals surface area (Å²) in [5, 5.41) is 15.9. The molecule has 2 aromatic carbocycles. The van der Waals surface area contributed by atoms with Crippen molar-refractivity contribution in [3.63, 3.8) is 0 Å². The maximum atomic E-state index is 14.2. The lowest BCUT2D eigenvalue weighted by Crippen LogP contribution is -2.29. The van der Waals surface area contributed by atoms with E-state index in [1.165, 1.54) is 19.2 Å². The van der Waals surface area contributed by atoms with E-state index in [0.29, 0.717) is 22.1 Å². The Morgan fingerprint density at radius 3 is 2.55 bits per heavy atom. The summed E-state index contributed by atoms with van der Waals surface area (Å²) in [6.07, 6.45) is 1.73. The summed E-state index contributed by atoms with van der Waals surface area (Å²) in [6.45, 7) is 5.56. The summed E-state index contributed by atoms with van der Waals surface area (Å²) >= 11 is 5.80. The maximum Gasteiger partial charge on any atom is 0.296 e. The molecular weight excluding hydrogens is 505 g/mol. The Morgan fingerprint density at radius 2 is 1.89 bits per heavy atom. The molecule has 0 amide bonds. The van der Waals surface area contributed by atoms with E-state index in [2.05, 4.69) is 10.3 Å². The van der Waals surface area contributed by atoms with Crippen LogP contribution in [0, 0.1) is 36.7 Å². The van der Waals surface area contributed by atoms with Crippen molar-refractivity contribution >= 4 is 28.7 Å². The van der Waals surface area contributed by atoms with Crippen LogP contribution in [0.4, 0.5) is 15.8 Å². The Kier molecular flexibility index (Phi) is 6.58. The Bertz CT molecular complexity index is 1560. The van der Waals surface area contributed by atoms with Crippen LogP contribution in [0.1, 0.15) is 40.3 Å². The molecule has 2 aromatic heterocycles. The zero-order valence-electron chi connectivity index (χ0n) is 21.3. The number of nitro groups is 1. The lowest BCUT2D eigenvalue weighted by Gasteiger charge is -2.28. The highest BCUT2D eigenvalue weighted by atomic mass is 32.1. The second kappa shape index (κ2) is 9.86. The molecule has 0 spiro atoms. The van der Waals surface area contributed by atoms with Gasteiger partial charge in [-0.3, -0.25) is 15.1 Å². The molecule has 0 bridgehead atoms. The van der Waals surface area contributed by atoms with Crippen LogP contribution in [0.15, 0.2) is 66.9 Å². The molecule has 1 aliphatic rings. The Balaban J connectivity index is 1.71. The molecule has 0 radical (unpaired) electrons. The third kappa shape index (κ3) is 4.26. The van der Waals surface area contributed by atoms with Gasteiger partial charge in [0.1, 0.15) is 17.3 Å². The van der Waals surface area contributed by atoms with Crippen LogP contribution in [0.5, 0.6) is 5.75 Å². The number of benzene rings is 2. The molecule has 0 saturated carbocycles. The second-order valence-electron chi connectivity index (χ2n) is 9.20. The molecule has 2 atom stereocenters. The number of methoxy groups -OCH3 is 1. The summed E-state index contributed by atoms with van der Waals surface area (Å²) in [5.74, 6) is 0.108. The van der Waals surface area contributed by atoms with Crippen LogP contribution in [0.25, 0.3) is 5.69 Å². The third-order valence-corrected chi connectivity index (χ3v) is 7.24. The number of hydrogen-bond donors (Lipinski definition) is 1. The number of nitrogens with one attached hydrogen (secondary N) is 1. The number of pyridine rings is 1. The largest absolute Gasteiger partial charge is 0.496 e. The molecule has 8 nitrogen and oxygen atoms in total. The quantitative estimate of drug-likeness (QED) is 0.185. The molecule has 1 aliphatic heterocycles. The average molecular weight is 532 g/mol. The number of rotatable bonds is 6. The highest BCUT2D eigenvalue weighted by molar-refractivity contribution is 7.80. The highest BCUT2D eigenvalue weighted by Crippen LogP contribution is 2.44.